The number of thiophene rings is 4. The van der Waals surface area contributed by atoms with Crippen molar-refractivity contribution in [3.63, 3.8) is 0 Å². The molecule has 51 heavy (non-hydrogen) atoms. The lowest BCUT2D eigenvalue weighted by Gasteiger charge is -2.28. The van der Waals surface area contributed by atoms with Crippen molar-refractivity contribution in [2.45, 2.75) is 57.7 Å². The van der Waals surface area contributed by atoms with E-state index in [-0.39, 0.29) is 5.41 Å². The Balaban J connectivity index is 0.915. The average Bonchev–Trinajstić information content (AvgIpc) is 3.90. The summed E-state index contributed by atoms with van der Waals surface area (Å²) in [6.45, 7) is 6.55. The minimum Gasteiger partial charge on any atom is -0.387 e. The quantitative estimate of drug-likeness (QED) is 0.163. The molecule has 4 aromatic carbocycles. The first-order chi connectivity index (χ1) is 24.7. The number of aliphatic hydroxyl groups excluding tert-OH is 2. The summed E-state index contributed by atoms with van der Waals surface area (Å²) in [6.07, 6.45) is 8.00. The molecule has 4 heterocycles. The molecule has 9 rings (SSSR count). The van der Waals surface area contributed by atoms with Crippen LogP contribution in [0.15, 0.2) is 121 Å². The molecular weight excluding hydrogens is 701 g/mol. The van der Waals surface area contributed by atoms with Crippen molar-refractivity contribution in [3.05, 3.63) is 153 Å². The van der Waals surface area contributed by atoms with Gasteiger partial charge in [-0.15, -0.1) is 45.3 Å². The van der Waals surface area contributed by atoms with Crippen LogP contribution in [0, 0.1) is 6.92 Å². The van der Waals surface area contributed by atoms with Crippen LogP contribution >= 0.6 is 45.3 Å². The van der Waals surface area contributed by atoms with E-state index in [4.69, 9.17) is 0 Å². The maximum Gasteiger partial charge on any atom is 0.0922 e. The maximum absolute atomic E-state index is 11.3. The van der Waals surface area contributed by atoms with Gasteiger partial charge in [-0.1, -0.05) is 109 Å². The van der Waals surface area contributed by atoms with E-state index in [1.165, 1.54) is 66.8 Å². The minimum absolute atomic E-state index is 0.0263. The first kappa shape index (κ1) is 33.0. The predicted molar refractivity (Wildman–Crippen MR) is 223 cm³/mol. The lowest BCUT2D eigenvalue weighted by Crippen LogP contribution is -2.20. The van der Waals surface area contributed by atoms with Gasteiger partial charge in [-0.2, -0.15) is 0 Å². The zero-order chi connectivity index (χ0) is 34.9. The Bertz CT molecular complexity index is 2610. The third-order valence-corrected chi connectivity index (χ3v) is 15.5. The number of allylic oxidation sites excluding steroid dienone is 4. The van der Waals surface area contributed by atoms with Gasteiger partial charge in [0, 0.05) is 57.6 Å². The third-order valence-electron chi connectivity index (χ3n) is 10.5. The van der Waals surface area contributed by atoms with Crippen LogP contribution in [0.4, 0.5) is 0 Å². The largest absolute Gasteiger partial charge is 0.387 e. The highest BCUT2D eigenvalue weighted by molar-refractivity contribution is 7.34. The fraction of sp³-hybridized carbons (Fsp3) is 0.200. The van der Waals surface area contributed by atoms with E-state index in [9.17, 15) is 10.2 Å². The summed E-state index contributed by atoms with van der Waals surface area (Å²) in [5, 5.41) is 25.1. The van der Waals surface area contributed by atoms with Gasteiger partial charge in [0.15, 0.2) is 0 Å². The van der Waals surface area contributed by atoms with Crippen molar-refractivity contribution < 1.29 is 10.2 Å². The second kappa shape index (κ2) is 13.0. The van der Waals surface area contributed by atoms with Crippen LogP contribution in [0.1, 0.15) is 64.5 Å². The van der Waals surface area contributed by atoms with Gasteiger partial charge in [-0.3, -0.25) is 0 Å². The number of hydrogen-bond acceptors (Lipinski definition) is 6. The van der Waals surface area contributed by atoms with Crippen LogP contribution in [0.2, 0.25) is 0 Å². The number of benzene rings is 4. The molecule has 0 aliphatic heterocycles. The molecule has 8 aromatic rings. The van der Waals surface area contributed by atoms with E-state index in [1.54, 1.807) is 22.7 Å². The van der Waals surface area contributed by atoms with Gasteiger partial charge in [-0.25, -0.2) is 0 Å². The molecule has 3 unspecified atom stereocenters. The zero-order valence-corrected chi connectivity index (χ0v) is 32.0. The van der Waals surface area contributed by atoms with Gasteiger partial charge >= 0.3 is 0 Å². The highest BCUT2D eigenvalue weighted by atomic mass is 32.1. The molecule has 0 bridgehead atoms. The van der Waals surface area contributed by atoms with Crippen LogP contribution in [-0.2, 0) is 18.3 Å². The summed E-state index contributed by atoms with van der Waals surface area (Å²) in [5.74, 6) is 0. The van der Waals surface area contributed by atoms with Crippen molar-refractivity contribution in [1.82, 2.24) is 0 Å². The second-order valence-electron chi connectivity index (χ2n) is 14.3. The summed E-state index contributed by atoms with van der Waals surface area (Å²) >= 11 is 7.08. The van der Waals surface area contributed by atoms with Gasteiger partial charge in [0.1, 0.15) is 0 Å². The highest BCUT2D eigenvalue weighted by Gasteiger charge is 2.25. The Kier molecular flexibility index (Phi) is 8.38. The summed E-state index contributed by atoms with van der Waals surface area (Å²) in [5.41, 5.74) is 8.63. The van der Waals surface area contributed by atoms with Crippen LogP contribution in [0.25, 0.3) is 50.1 Å². The average molecular weight is 739 g/mol. The molecular formula is C45H38O2S4. The first-order valence-electron chi connectivity index (χ1n) is 17.5. The number of rotatable bonds is 8. The van der Waals surface area contributed by atoms with E-state index in [2.05, 4.69) is 136 Å². The molecule has 1 aliphatic carbocycles. The number of aliphatic hydroxyl groups is 2. The smallest absolute Gasteiger partial charge is 0.0922 e. The van der Waals surface area contributed by atoms with E-state index < -0.39 is 12.2 Å². The molecule has 2 N–H and O–H groups in total. The van der Waals surface area contributed by atoms with Crippen LogP contribution in [0.3, 0.4) is 0 Å². The molecule has 4 aromatic heterocycles. The summed E-state index contributed by atoms with van der Waals surface area (Å²) in [4.78, 5) is 2.05. The third kappa shape index (κ3) is 6.22. The minimum atomic E-state index is -0.535. The monoisotopic (exact) mass is 738 g/mol. The SMILES string of the molecule is CC1=CCC(C)(c2ccc(CC(O)c3cc4sc5cc6c(cc5c4s3)sc3cc(C(O)Cc4ccc(-c5ccc(C)cc5)cc4)sc36)cc2)C=C1. The van der Waals surface area contributed by atoms with Crippen LogP contribution < -0.4 is 0 Å². The van der Waals surface area contributed by atoms with Crippen molar-refractivity contribution in [2.75, 3.05) is 0 Å². The van der Waals surface area contributed by atoms with E-state index >= 15 is 0 Å². The highest BCUT2D eigenvalue weighted by Crippen LogP contribution is 2.48. The Morgan fingerprint density at radius 1 is 0.608 bits per heavy atom. The van der Waals surface area contributed by atoms with Gasteiger partial charge in [0.05, 0.1) is 21.6 Å². The normalized spacial score (nSPS) is 17.5. The van der Waals surface area contributed by atoms with Crippen LogP contribution in [0.5, 0.6) is 0 Å². The number of fused-ring (bicyclic) bond motifs is 6. The molecule has 0 saturated heterocycles. The number of hydrogen-bond donors (Lipinski definition) is 2. The molecule has 1 aliphatic rings. The zero-order valence-electron chi connectivity index (χ0n) is 28.8. The fourth-order valence-electron chi connectivity index (χ4n) is 7.25. The standard InChI is InChI=1S/C45H38O2S4/c1-26-4-10-30(11-5-26)31-12-6-28(7-13-31)20-35(46)39-24-41-43(50-39)33-22-38-34(23-37(33)48-41)44-42(49-38)25-40(51-44)36(47)21-29-8-14-32(15-9-29)45(3)18-16-27(2)17-19-45/h4-18,22-25,35-36,46-47H,19-21H2,1-3H3. The Morgan fingerprint density at radius 2 is 1.10 bits per heavy atom. The van der Waals surface area contributed by atoms with Gasteiger partial charge in [0.25, 0.3) is 0 Å². The predicted octanol–water partition coefficient (Wildman–Crippen LogP) is 13.2. The van der Waals surface area contributed by atoms with E-state index in [0.717, 1.165) is 27.3 Å². The van der Waals surface area contributed by atoms with Crippen molar-refractivity contribution >= 4 is 84.3 Å². The first-order valence-corrected chi connectivity index (χ1v) is 20.8. The van der Waals surface area contributed by atoms with Crippen molar-refractivity contribution in [2.24, 2.45) is 0 Å². The topological polar surface area (TPSA) is 40.5 Å². The van der Waals surface area contributed by atoms with Crippen LogP contribution in [-0.4, -0.2) is 10.2 Å². The molecule has 0 amide bonds. The second-order valence-corrected chi connectivity index (χ2v) is 18.7. The molecule has 3 atom stereocenters. The summed E-state index contributed by atoms with van der Waals surface area (Å²) in [6, 6.07) is 35.1. The van der Waals surface area contributed by atoms with E-state index in [1.807, 2.05) is 22.7 Å². The Hall–Kier alpha value is -3.88. The molecule has 254 valence electrons. The maximum atomic E-state index is 11.3. The van der Waals surface area contributed by atoms with Crippen molar-refractivity contribution in [1.29, 1.82) is 0 Å². The summed E-state index contributed by atoms with van der Waals surface area (Å²) < 4.78 is 7.56. The lowest BCUT2D eigenvalue weighted by molar-refractivity contribution is 0.182. The molecule has 0 radical (unpaired) electrons. The van der Waals surface area contributed by atoms with Gasteiger partial charge in [-0.05, 0) is 72.4 Å². The summed E-state index contributed by atoms with van der Waals surface area (Å²) in [7, 11) is 0. The molecule has 6 heteroatoms. The molecule has 0 spiro atoms. The molecule has 2 nitrogen and oxygen atoms in total. The Morgan fingerprint density at radius 3 is 1.59 bits per heavy atom. The van der Waals surface area contributed by atoms with E-state index in [0.29, 0.717) is 12.8 Å². The fourth-order valence-corrected chi connectivity index (χ4v) is 12.3. The van der Waals surface area contributed by atoms with Crippen molar-refractivity contribution in [3.8, 4) is 11.1 Å². The van der Waals surface area contributed by atoms with Gasteiger partial charge in [0.2, 0.25) is 0 Å². The molecule has 0 fully saturated rings. The lowest BCUT2D eigenvalue weighted by atomic mass is 9.76. The molecule has 0 saturated carbocycles. The Labute approximate surface area is 314 Å². The number of aryl methyl sites for hydroxylation is 1. The van der Waals surface area contributed by atoms with Gasteiger partial charge < -0.3 is 10.2 Å².